The minimum atomic E-state index is 0.500. The Morgan fingerprint density at radius 3 is 2.35 bits per heavy atom. The van der Waals surface area contributed by atoms with Gasteiger partial charge in [0.15, 0.2) is 0 Å². The summed E-state index contributed by atoms with van der Waals surface area (Å²) < 4.78 is 0. The van der Waals surface area contributed by atoms with Gasteiger partial charge in [0.2, 0.25) is 0 Å². The number of aryl methyl sites for hydroxylation is 1. The van der Waals surface area contributed by atoms with E-state index < -0.39 is 0 Å². The van der Waals surface area contributed by atoms with E-state index >= 15 is 0 Å². The summed E-state index contributed by atoms with van der Waals surface area (Å²) in [4.78, 5) is 0. The van der Waals surface area contributed by atoms with Crippen molar-refractivity contribution in [3.05, 3.63) is 63.6 Å². The van der Waals surface area contributed by atoms with E-state index in [1.807, 2.05) is 12.1 Å². The van der Waals surface area contributed by atoms with E-state index in [-0.39, 0.29) is 0 Å². The molecule has 0 spiro atoms. The van der Waals surface area contributed by atoms with Crippen LogP contribution in [0.1, 0.15) is 29.9 Å². The average molecular weight is 306 g/mol. The van der Waals surface area contributed by atoms with Crippen molar-refractivity contribution >= 4 is 28.9 Å². The SMILES string of the molecule is Cc1ccc(C2CC(Nc3ccc(Cl)cc3Cl)C2)cc1. The zero-order valence-corrected chi connectivity index (χ0v) is 12.9. The van der Waals surface area contributed by atoms with Crippen molar-refractivity contribution in [2.24, 2.45) is 0 Å². The number of nitrogens with one attached hydrogen (secondary N) is 1. The number of anilines is 1. The lowest BCUT2D eigenvalue weighted by atomic mass is 9.75. The van der Waals surface area contributed by atoms with Crippen LogP contribution in [0.2, 0.25) is 10.0 Å². The lowest BCUT2D eigenvalue weighted by Crippen LogP contribution is -2.34. The van der Waals surface area contributed by atoms with Crippen molar-refractivity contribution < 1.29 is 0 Å². The molecular formula is C17H17Cl2N. The van der Waals surface area contributed by atoms with E-state index in [4.69, 9.17) is 23.2 Å². The van der Waals surface area contributed by atoms with Crippen LogP contribution >= 0.6 is 23.2 Å². The highest BCUT2D eigenvalue weighted by molar-refractivity contribution is 6.36. The summed E-state index contributed by atoms with van der Waals surface area (Å²) in [5, 5.41) is 4.86. The third-order valence-electron chi connectivity index (χ3n) is 3.98. The van der Waals surface area contributed by atoms with Crippen LogP contribution in [0.5, 0.6) is 0 Å². The van der Waals surface area contributed by atoms with Gasteiger partial charge in [-0.15, -0.1) is 0 Å². The Labute approximate surface area is 129 Å². The highest BCUT2D eigenvalue weighted by Crippen LogP contribution is 2.39. The first-order chi connectivity index (χ1) is 9.61. The van der Waals surface area contributed by atoms with E-state index in [9.17, 15) is 0 Å². The van der Waals surface area contributed by atoms with Crippen LogP contribution in [-0.2, 0) is 0 Å². The van der Waals surface area contributed by atoms with Crippen molar-refractivity contribution in [3.8, 4) is 0 Å². The molecule has 1 nitrogen and oxygen atoms in total. The van der Waals surface area contributed by atoms with Crippen molar-refractivity contribution in [1.82, 2.24) is 0 Å². The van der Waals surface area contributed by atoms with Gasteiger partial charge in [-0.1, -0.05) is 53.0 Å². The Morgan fingerprint density at radius 2 is 1.70 bits per heavy atom. The Kier molecular flexibility index (Phi) is 3.91. The van der Waals surface area contributed by atoms with Gasteiger partial charge in [0.25, 0.3) is 0 Å². The lowest BCUT2D eigenvalue weighted by Gasteiger charge is -2.37. The molecule has 0 saturated heterocycles. The van der Waals surface area contributed by atoms with Crippen LogP contribution < -0.4 is 5.32 Å². The maximum absolute atomic E-state index is 6.18. The molecule has 0 atom stereocenters. The van der Waals surface area contributed by atoms with Gasteiger partial charge in [-0.3, -0.25) is 0 Å². The standard InChI is InChI=1S/C17H17Cl2N/c1-11-2-4-12(5-3-11)13-8-15(9-13)20-17-7-6-14(18)10-16(17)19/h2-7,10,13,15,20H,8-9H2,1H3. The van der Waals surface area contributed by atoms with E-state index in [1.165, 1.54) is 11.1 Å². The Hall–Kier alpha value is -1.18. The first-order valence-electron chi connectivity index (χ1n) is 6.90. The summed E-state index contributed by atoms with van der Waals surface area (Å²) in [6.45, 7) is 2.12. The fraction of sp³-hybridized carbons (Fsp3) is 0.294. The molecule has 2 aromatic rings. The van der Waals surface area contributed by atoms with Gasteiger partial charge in [-0.2, -0.15) is 0 Å². The monoisotopic (exact) mass is 305 g/mol. The molecule has 3 rings (SSSR count). The molecule has 0 heterocycles. The molecule has 104 valence electrons. The molecule has 1 saturated carbocycles. The van der Waals surface area contributed by atoms with Gasteiger partial charge < -0.3 is 5.32 Å². The Morgan fingerprint density at radius 1 is 1.00 bits per heavy atom. The van der Waals surface area contributed by atoms with Crippen LogP contribution in [0.4, 0.5) is 5.69 Å². The first kappa shape index (κ1) is 13.8. The van der Waals surface area contributed by atoms with Crippen molar-refractivity contribution in [2.45, 2.75) is 31.7 Å². The number of benzene rings is 2. The van der Waals surface area contributed by atoms with Crippen molar-refractivity contribution in [3.63, 3.8) is 0 Å². The molecular weight excluding hydrogens is 289 g/mol. The molecule has 1 fully saturated rings. The Balaban J connectivity index is 1.59. The second kappa shape index (κ2) is 5.67. The van der Waals surface area contributed by atoms with E-state index in [2.05, 4.69) is 36.5 Å². The molecule has 0 amide bonds. The third-order valence-corrected chi connectivity index (χ3v) is 4.53. The van der Waals surface area contributed by atoms with Gasteiger partial charge in [0.1, 0.15) is 0 Å². The van der Waals surface area contributed by atoms with Crippen molar-refractivity contribution in [2.75, 3.05) is 5.32 Å². The molecule has 0 radical (unpaired) electrons. The zero-order valence-electron chi connectivity index (χ0n) is 11.4. The minimum absolute atomic E-state index is 0.500. The van der Waals surface area contributed by atoms with Gasteiger partial charge in [-0.05, 0) is 49.4 Å². The normalized spacial score (nSPS) is 21.4. The predicted molar refractivity (Wildman–Crippen MR) is 87.0 cm³/mol. The highest BCUT2D eigenvalue weighted by atomic mass is 35.5. The maximum Gasteiger partial charge on any atom is 0.0652 e. The summed E-state index contributed by atoms with van der Waals surface area (Å²) in [7, 11) is 0. The van der Waals surface area contributed by atoms with E-state index in [0.29, 0.717) is 22.0 Å². The zero-order chi connectivity index (χ0) is 14.1. The van der Waals surface area contributed by atoms with Gasteiger partial charge in [-0.25, -0.2) is 0 Å². The Bertz CT molecular complexity index is 601. The third kappa shape index (κ3) is 2.94. The van der Waals surface area contributed by atoms with Gasteiger partial charge >= 0.3 is 0 Å². The molecule has 0 aliphatic heterocycles. The van der Waals surface area contributed by atoms with Crippen molar-refractivity contribution in [1.29, 1.82) is 0 Å². The van der Waals surface area contributed by atoms with Crippen LogP contribution in [0.15, 0.2) is 42.5 Å². The van der Waals surface area contributed by atoms with Gasteiger partial charge in [0.05, 0.1) is 10.7 Å². The average Bonchev–Trinajstić information content (AvgIpc) is 2.37. The van der Waals surface area contributed by atoms with Crippen LogP contribution in [-0.4, -0.2) is 6.04 Å². The summed E-state index contributed by atoms with van der Waals surface area (Å²) in [6, 6.07) is 15.0. The summed E-state index contributed by atoms with van der Waals surface area (Å²) in [6.07, 6.45) is 2.31. The largest absolute Gasteiger partial charge is 0.381 e. The van der Waals surface area contributed by atoms with Gasteiger partial charge in [0, 0.05) is 11.1 Å². The van der Waals surface area contributed by atoms with Crippen LogP contribution in [0.25, 0.3) is 0 Å². The molecule has 20 heavy (non-hydrogen) atoms. The smallest absolute Gasteiger partial charge is 0.0652 e. The molecule has 2 aromatic carbocycles. The van der Waals surface area contributed by atoms with Crippen LogP contribution in [0, 0.1) is 6.92 Å². The molecule has 0 aromatic heterocycles. The fourth-order valence-corrected chi connectivity index (χ4v) is 3.14. The summed E-state index contributed by atoms with van der Waals surface area (Å²) >= 11 is 12.1. The lowest BCUT2D eigenvalue weighted by molar-refractivity contribution is 0.374. The molecule has 1 N–H and O–H groups in total. The molecule has 3 heteroatoms. The summed E-state index contributed by atoms with van der Waals surface area (Å²) in [5.74, 6) is 0.666. The number of hydrogen-bond donors (Lipinski definition) is 1. The summed E-state index contributed by atoms with van der Waals surface area (Å²) in [5.41, 5.74) is 3.73. The number of hydrogen-bond acceptors (Lipinski definition) is 1. The number of rotatable bonds is 3. The van der Waals surface area contributed by atoms with E-state index in [1.54, 1.807) is 6.07 Å². The topological polar surface area (TPSA) is 12.0 Å². The minimum Gasteiger partial charge on any atom is -0.381 e. The molecule has 1 aliphatic carbocycles. The second-order valence-electron chi connectivity index (χ2n) is 5.54. The maximum atomic E-state index is 6.18. The second-order valence-corrected chi connectivity index (χ2v) is 6.39. The molecule has 0 bridgehead atoms. The molecule has 0 unspecified atom stereocenters. The fourth-order valence-electron chi connectivity index (χ4n) is 2.67. The molecule has 1 aliphatic rings. The number of halogens is 2. The van der Waals surface area contributed by atoms with E-state index in [0.717, 1.165) is 18.5 Å². The predicted octanol–water partition coefficient (Wildman–Crippen LogP) is 5.66. The highest BCUT2D eigenvalue weighted by Gasteiger charge is 2.30. The quantitative estimate of drug-likeness (QED) is 0.771. The first-order valence-corrected chi connectivity index (χ1v) is 7.65. The van der Waals surface area contributed by atoms with Crippen LogP contribution in [0.3, 0.4) is 0 Å².